The molecule has 0 aromatic carbocycles. The van der Waals surface area contributed by atoms with Gasteiger partial charge in [0.1, 0.15) is 12.7 Å². The summed E-state index contributed by atoms with van der Waals surface area (Å²) in [6.45, 7) is 2.92. The van der Waals surface area contributed by atoms with Gasteiger partial charge in [-0.1, -0.05) is 0 Å². The van der Waals surface area contributed by atoms with E-state index in [0.29, 0.717) is 6.61 Å². The highest BCUT2D eigenvalue weighted by molar-refractivity contribution is 5.79. The van der Waals surface area contributed by atoms with Gasteiger partial charge in [-0.25, -0.2) is 9.67 Å². The van der Waals surface area contributed by atoms with Crippen molar-refractivity contribution in [2.45, 2.75) is 25.3 Å². The Morgan fingerprint density at radius 1 is 1.39 bits per heavy atom. The van der Waals surface area contributed by atoms with E-state index in [9.17, 15) is 4.79 Å². The normalized spacial score (nSPS) is 28.6. The molecule has 98 valence electrons. The van der Waals surface area contributed by atoms with Crippen LogP contribution in [-0.2, 0) is 9.53 Å². The number of carbonyl (C=O) groups excluding carboxylic acids is 1. The summed E-state index contributed by atoms with van der Waals surface area (Å²) in [6, 6.07) is 0.271. The Morgan fingerprint density at radius 2 is 2.33 bits per heavy atom. The molecule has 18 heavy (non-hydrogen) atoms. The molecule has 0 N–H and O–H groups in total. The fourth-order valence-electron chi connectivity index (χ4n) is 2.76. The van der Waals surface area contributed by atoms with Crippen LogP contribution in [0.5, 0.6) is 0 Å². The number of rotatable bonds is 2. The quantitative estimate of drug-likeness (QED) is 0.766. The van der Waals surface area contributed by atoms with Crippen molar-refractivity contribution in [2.24, 2.45) is 5.92 Å². The molecule has 2 unspecified atom stereocenters. The first-order valence-corrected chi connectivity index (χ1v) is 6.55. The van der Waals surface area contributed by atoms with Crippen molar-refractivity contribution < 1.29 is 9.53 Å². The Kier molecular flexibility index (Phi) is 3.27. The molecule has 2 aliphatic rings. The molecular weight excluding hydrogens is 232 g/mol. The van der Waals surface area contributed by atoms with Gasteiger partial charge in [0.05, 0.1) is 18.6 Å². The highest BCUT2D eigenvalue weighted by atomic mass is 16.5. The Bertz CT molecular complexity index is 400. The van der Waals surface area contributed by atoms with Crippen molar-refractivity contribution in [3.63, 3.8) is 0 Å². The van der Waals surface area contributed by atoms with E-state index in [1.165, 1.54) is 0 Å². The molecule has 2 atom stereocenters. The second-order valence-corrected chi connectivity index (χ2v) is 5.02. The zero-order chi connectivity index (χ0) is 12.4. The van der Waals surface area contributed by atoms with Crippen LogP contribution in [0.4, 0.5) is 0 Å². The van der Waals surface area contributed by atoms with Crippen LogP contribution in [-0.4, -0.2) is 51.9 Å². The molecule has 3 rings (SSSR count). The molecule has 1 aromatic rings. The zero-order valence-electron chi connectivity index (χ0n) is 10.4. The average Bonchev–Trinajstić information content (AvgIpc) is 3.11. The lowest BCUT2D eigenvalue weighted by Gasteiger charge is -2.33. The summed E-state index contributed by atoms with van der Waals surface area (Å²) in [5.41, 5.74) is 0. The molecular formula is C12H18N4O2. The van der Waals surface area contributed by atoms with Gasteiger partial charge in [0.2, 0.25) is 5.91 Å². The maximum Gasteiger partial charge on any atom is 0.228 e. The number of amides is 1. The zero-order valence-corrected chi connectivity index (χ0v) is 10.4. The van der Waals surface area contributed by atoms with Crippen LogP contribution in [0.25, 0.3) is 0 Å². The number of nitrogens with zero attached hydrogens (tertiary/aromatic N) is 4. The molecule has 0 aliphatic carbocycles. The third-order valence-electron chi connectivity index (χ3n) is 3.80. The van der Waals surface area contributed by atoms with Gasteiger partial charge in [-0.15, -0.1) is 0 Å². The smallest absolute Gasteiger partial charge is 0.228 e. The molecule has 0 saturated carbocycles. The van der Waals surface area contributed by atoms with E-state index >= 15 is 0 Å². The number of hydrogen-bond acceptors (Lipinski definition) is 4. The molecule has 0 bridgehead atoms. The molecule has 6 heteroatoms. The van der Waals surface area contributed by atoms with Crippen LogP contribution < -0.4 is 0 Å². The standard InChI is InChI=1S/C12H18N4O2/c17-12(10-3-5-18-7-10)15-4-1-2-11(6-15)16-9-13-8-14-16/h8-11H,1-7H2. The Hall–Kier alpha value is -1.43. The summed E-state index contributed by atoms with van der Waals surface area (Å²) in [6.07, 6.45) is 6.24. The van der Waals surface area contributed by atoms with E-state index in [1.807, 2.05) is 9.58 Å². The van der Waals surface area contributed by atoms with Crippen molar-refractivity contribution >= 4 is 5.91 Å². The molecule has 3 heterocycles. The Balaban J connectivity index is 1.64. The maximum absolute atomic E-state index is 12.3. The average molecular weight is 250 g/mol. The van der Waals surface area contributed by atoms with Gasteiger partial charge in [0.15, 0.2) is 0 Å². The third-order valence-corrected chi connectivity index (χ3v) is 3.80. The Morgan fingerprint density at radius 3 is 3.06 bits per heavy atom. The topological polar surface area (TPSA) is 60.2 Å². The van der Waals surface area contributed by atoms with Gasteiger partial charge in [0, 0.05) is 19.7 Å². The van der Waals surface area contributed by atoms with Crippen LogP contribution in [0, 0.1) is 5.92 Å². The summed E-state index contributed by atoms with van der Waals surface area (Å²) in [5, 5.41) is 4.17. The highest BCUT2D eigenvalue weighted by Crippen LogP contribution is 2.23. The highest BCUT2D eigenvalue weighted by Gasteiger charge is 2.31. The molecule has 2 aliphatic heterocycles. The van der Waals surface area contributed by atoms with Gasteiger partial charge >= 0.3 is 0 Å². The first-order valence-electron chi connectivity index (χ1n) is 6.55. The first-order chi connectivity index (χ1) is 8.84. The molecule has 0 spiro atoms. The van der Waals surface area contributed by atoms with Crippen molar-refractivity contribution in [1.82, 2.24) is 19.7 Å². The predicted molar refractivity (Wildman–Crippen MR) is 63.8 cm³/mol. The van der Waals surface area contributed by atoms with E-state index in [0.717, 1.165) is 39.0 Å². The molecule has 2 fully saturated rings. The molecule has 0 radical (unpaired) electrons. The monoisotopic (exact) mass is 250 g/mol. The molecule has 1 aromatic heterocycles. The number of aromatic nitrogens is 3. The number of piperidine rings is 1. The van der Waals surface area contributed by atoms with Crippen molar-refractivity contribution in [3.05, 3.63) is 12.7 Å². The lowest BCUT2D eigenvalue weighted by Crippen LogP contribution is -2.43. The summed E-state index contributed by atoms with van der Waals surface area (Å²) in [7, 11) is 0. The summed E-state index contributed by atoms with van der Waals surface area (Å²) < 4.78 is 7.16. The van der Waals surface area contributed by atoms with Crippen molar-refractivity contribution in [3.8, 4) is 0 Å². The summed E-state index contributed by atoms with van der Waals surface area (Å²) in [5.74, 6) is 0.316. The van der Waals surface area contributed by atoms with Gasteiger partial charge in [-0.05, 0) is 19.3 Å². The van der Waals surface area contributed by atoms with Gasteiger partial charge in [0.25, 0.3) is 0 Å². The largest absolute Gasteiger partial charge is 0.381 e. The second kappa shape index (κ2) is 5.06. The Labute approximate surface area is 106 Å². The van der Waals surface area contributed by atoms with Crippen LogP contribution in [0.2, 0.25) is 0 Å². The number of hydrogen-bond donors (Lipinski definition) is 0. The van der Waals surface area contributed by atoms with Crippen LogP contribution in [0.1, 0.15) is 25.3 Å². The third kappa shape index (κ3) is 2.25. The fraction of sp³-hybridized carbons (Fsp3) is 0.750. The van der Waals surface area contributed by atoms with E-state index in [4.69, 9.17) is 4.74 Å². The predicted octanol–water partition coefficient (Wildman–Crippen LogP) is 0.478. The van der Waals surface area contributed by atoms with Crippen LogP contribution in [0.3, 0.4) is 0 Å². The second-order valence-electron chi connectivity index (χ2n) is 5.02. The minimum atomic E-state index is 0.0690. The fourth-order valence-corrected chi connectivity index (χ4v) is 2.76. The van der Waals surface area contributed by atoms with E-state index in [2.05, 4.69) is 10.1 Å². The molecule has 1 amide bonds. The van der Waals surface area contributed by atoms with Gasteiger partial charge < -0.3 is 9.64 Å². The van der Waals surface area contributed by atoms with Crippen molar-refractivity contribution in [1.29, 1.82) is 0 Å². The SMILES string of the molecule is O=C(C1CCOC1)N1CCCC(n2cncn2)C1. The minimum absolute atomic E-state index is 0.0690. The number of likely N-dealkylation sites (tertiary alicyclic amines) is 1. The maximum atomic E-state index is 12.3. The van der Waals surface area contributed by atoms with E-state index < -0.39 is 0 Å². The van der Waals surface area contributed by atoms with E-state index in [1.54, 1.807) is 12.7 Å². The van der Waals surface area contributed by atoms with Crippen LogP contribution in [0.15, 0.2) is 12.7 Å². The van der Waals surface area contributed by atoms with Crippen LogP contribution >= 0.6 is 0 Å². The number of ether oxygens (including phenoxy) is 1. The first kappa shape index (κ1) is 11.6. The number of carbonyl (C=O) groups is 1. The van der Waals surface area contributed by atoms with Gasteiger partial charge in [-0.2, -0.15) is 5.10 Å². The van der Waals surface area contributed by atoms with Gasteiger partial charge in [-0.3, -0.25) is 4.79 Å². The molecule has 6 nitrogen and oxygen atoms in total. The lowest BCUT2D eigenvalue weighted by atomic mass is 10.0. The summed E-state index contributed by atoms with van der Waals surface area (Å²) >= 11 is 0. The van der Waals surface area contributed by atoms with E-state index in [-0.39, 0.29) is 17.9 Å². The minimum Gasteiger partial charge on any atom is -0.381 e. The molecule has 2 saturated heterocycles. The lowest BCUT2D eigenvalue weighted by molar-refractivity contribution is -0.137. The van der Waals surface area contributed by atoms with Crippen molar-refractivity contribution in [2.75, 3.05) is 26.3 Å². The summed E-state index contributed by atoms with van der Waals surface area (Å²) in [4.78, 5) is 18.3.